The van der Waals surface area contributed by atoms with E-state index in [0.29, 0.717) is 11.5 Å². The first-order chi connectivity index (χ1) is 8.38. The SMILES string of the molecule is CC(F)COc1cc(OC(C)C)cc(C(N)=O)c1. The first-order valence-electron chi connectivity index (χ1n) is 5.77. The molecule has 1 rings (SSSR count). The lowest BCUT2D eigenvalue weighted by atomic mass is 10.2. The molecule has 0 fully saturated rings. The van der Waals surface area contributed by atoms with Gasteiger partial charge in [-0.3, -0.25) is 4.79 Å². The van der Waals surface area contributed by atoms with Crippen LogP contribution in [0.5, 0.6) is 11.5 Å². The van der Waals surface area contributed by atoms with Gasteiger partial charge in [0.1, 0.15) is 24.3 Å². The van der Waals surface area contributed by atoms with E-state index >= 15 is 0 Å². The van der Waals surface area contributed by atoms with Crippen LogP contribution in [0.4, 0.5) is 4.39 Å². The van der Waals surface area contributed by atoms with Gasteiger partial charge in [-0.05, 0) is 32.9 Å². The van der Waals surface area contributed by atoms with Crippen LogP contribution >= 0.6 is 0 Å². The lowest BCUT2D eigenvalue weighted by Crippen LogP contribution is -2.14. The molecule has 1 amide bonds. The molecule has 0 aliphatic carbocycles. The van der Waals surface area contributed by atoms with E-state index in [2.05, 4.69) is 0 Å². The number of hydrogen-bond acceptors (Lipinski definition) is 3. The van der Waals surface area contributed by atoms with E-state index in [0.717, 1.165) is 0 Å². The first-order valence-corrected chi connectivity index (χ1v) is 5.77. The summed E-state index contributed by atoms with van der Waals surface area (Å²) in [7, 11) is 0. The number of alkyl halides is 1. The maximum absolute atomic E-state index is 12.7. The van der Waals surface area contributed by atoms with Gasteiger partial charge in [-0.2, -0.15) is 0 Å². The summed E-state index contributed by atoms with van der Waals surface area (Å²) in [5.41, 5.74) is 5.49. The van der Waals surface area contributed by atoms with Crippen molar-refractivity contribution in [3.63, 3.8) is 0 Å². The van der Waals surface area contributed by atoms with Gasteiger partial charge in [-0.1, -0.05) is 0 Å². The maximum Gasteiger partial charge on any atom is 0.248 e. The van der Waals surface area contributed by atoms with Gasteiger partial charge in [-0.15, -0.1) is 0 Å². The Morgan fingerprint density at radius 2 is 1.89 bits per heavy atom. The van der Waals surface area contributed by atoms with E-state index in [1.807, 2.05) is 13.8 Å². The highest BCUT2D eigenvalue weighted by Gasteiger charge is 2.09. The summed E-state index contributed by atoms with van der Waals surface area (Å²) in [5, 5.41) is 0. The van der Waals surface area contributed by atoms with Crippen molar-refractivity contribution < 1.29 is 18.7 Å². The number of amides is 1. The van der Waals surface area contributed by atoms with Gasteiger partial charge >= 0.3 is 0 Å². The van der Waals surface area contributed by atoms with Crippen molar-refractivity contribution in [2.75, 3.05) is 6.61 Å². The van der Waals surface area contributed by atoms with Gasteiger partial charge in [0.2, 0.25) is 5.91 Å². The molecular weight excluding hydrogens is 237 g/mol. The molecular formula is C13H18FNO3. The van der Waals surface area contributed by atoms with Crippen LogP contribution in [0.1, 0.15) is 31.1 Å². The summed E-state index contributed by atoms with van der Waals surface area (Å²) in [6.45, 7) is 5.04. The molecule has 0 heterocycles. The van der Waals surface area contributed by atoms with Gasteiger partial charge in [0.25, 0.3) is 0 Å². The lowest BCUT2D eigenvalue weighted by molar-refractivity contribution is 0.0999. The molecule has 0 saturated heterocycles. The summed E-state index contributed by atoms with van der Waals surface area (Å²) in [6, 6.07) is 4.61. The van der Waals surface area contributed by atoms with Crippen LogP contribution in [-0.2, 0) is 0 Å². The van der Waals surface area contributed by atoms with Crippen molar-refractivity contribution in [2.24, 2.45) is 5.73 Å². The Hall–Kier alpha value is -1.78. The third-order valence-corrected chi connectivity index (χ3v) is 2.02. The second kappa shape index (κ2) is 6.23. The third kappa shape index (κ3) is 4.61. The van der Waals surface area contributed by atoms with Gasteiger partial charge in [0, 0.05) is 11.6 Å². The molecule has 0 aliphatic heterocycles. The second-order valence-corrected chi connectivity index (χ2v) is 4.32. The Morgan fingerprint density at radius 3 is 2.39 bits per heavy atom. The lowest BCUT2D eigenvalue weighted by Gasteiger charge is -2.13. The molecule has 0 radical (unpaired) electrons. The van der Waals surface area contributed by atoms with E-state index in [4.69, 9.17) is 15.2 Å². The van der Waals surface area contributed by atoms with E-state index in [1.165, 1.54) is 19.1 Å². The van der Waals surface area contributed by atoms with Crippen LogP contribution in [0.2, 0.25) is 0 Å². The minimum Gasteiger partial charge on any atom is -0.491 e. The van der Waals surface area contributed by atoms with Crippen LogP contribution < -0.4 is 15.2 Å². The van der Waals surface area contributed by atoms with Crippen molar-refractivity contribution in [1.82, 2.24) is 0 Å². The molecule has 4 nitrogen and oxygen atoms in total. The van der Waals surface area contributed by atoms with Gasteiger partial charge < -0.3 is 15.2 Å². The molecule has 1 aromatic rings. The van der Waals surface area contributed by atoms with E-state index in [9.17, 15) is 9.18 Å². The van der Waals surface area contributed by atoms with Crippen LogP contribution in [0, 0.1) is 0 Å². The Bertz CT molecular complexity index is 419. The predicted molar refractivity (Wildman–Crippen MR) is 66.8 cm³/mol. The molecule has 0 spiro atoms. The maximum atomic E-state index is 12.7. The van der Waals surface area contributed by atoms with Crippen LogP contribution in [0.25, 0.3) is 0 Å². The van der Waals surface area contributed by atoms with Gasteiger partial charge in [0.05, 0.1) is 6.10 Å². The molecule has 1 atom stereocenters. The fraction of sp³-hybridized carbons (Fsp3) is 0.462. The van der Waals surface area contributed by atoms with E-state index < -0.39 is 12.1 Å². The number of ether oxygens (including phenoxy) is 2. The fourth-order valence-corrected chi connectivity index (χ4v) is 1.35. The van der Waals surface area contributed by atoms with Gasteiger partial charge in [0.15, 0.2) is 0 Å². The Kier molecular flexibility index (Phi) is 4.95. The predicted octanol–water partition coefficient (Wildman–Crippen LogP) is 2.31. The van der Waals surface area contributed by atoms with Crippen LogP contribution in [0.3, 0.4) is 0 Å². The molecule has 1 aromatic carbocycles. The monoisotopic (exact) mass is 255 g/mol. The highest BCUT2D eigenvalue weighted by atomic mass is 19.1. The summed E-state index contributed by atoms with van der Waals surface area (Å²) in [4.78, 5) is 11.2. The molecule has 18 heavy (non-hydrogen) atoms. The van der Waals surface area contributed by atoms with Crippen molar-refractivity contribution in [2.45, 2.75) is 33.0 Å². The highest BCUT2D eigenvalue weighted by molar-refractivity contribution is 5.93. The number of nitrogens with two attached hydrogens (primary N) is 1. The molecule has 2 N–H and O–H groups in total. The van der Waals surface area contributed by atoms with Crippen molar-refractivity contribution in [3.05, 3.63) is 23.8 Å². The standard InChI is InChI=1S/C13H18FNO3/c1-8(2)18-12-5-10(13(15)16)4-11(6-12)17-7-9(3)14/h4-6,8-9H,7H2,1-3H3,(H2,15,16). The quantitative estimate of drug-likeness (QED) is 0.848. The number of benzene rings is 1. The molecule has 100 valence electrons. The average molecular weight is 255 g/mol. The number of hydrogen-bond donors (Lipinski definition) is 1. The third-order valence-electron chi connectivity index (χ3n) is 2.02. The zero-order valence-corrected chi connectivity index (χ0v) is 10.8. The van der Waals surface area contributed by atoms with Crippen LogP contribution in [-0.4, -0.2) is 24.8 Å². The number of primary amides is 1. The normalized spacial score (nSPS) is 12.3. The van der Waals surface area contributed by atoms with E-state index in [1.54, 1.807) is 6.07 Å². The van der Waals surface area contributed by atoms with Crippen LogP contribution in [0.15, 0.2) is 18.2 Å². The Morgan fingerprint density at radius 1 is 1.28 bits per heavy atom. The molecule has 5 heteroatoms. The fourth-order valence-electron chi connectivity index (χ4n) is 1.35. The molecule has 1 unspecified atom stereocenters. The van der Waals surface area contributed by atoms with Crippen molar-refractivity contribution in [3.8, 4) is 11.5 Å². The summed E-state index contributed by atoms with van der Waals surface area (Å²) >= 11 is 0. The summed E-state index contributed by atoms with van der Waals surface area (Å²) < 4.78 is 23.4. The second-order valence-electron chi connectivity index (χ2n) is 4.32. The average Bonchev–Trinajstić information content (AvgIpc) is 2.25. The number of rotatable bonds is 6. The zero-order valence-electron chi connectivity index (χ0n) is 10.8. The first kappa shape index (κ1) is 14.3. The molecule has 0 aliphatic rings. The highest BCUT2D eigenvalue weighted by Crippen LogP contribution is 2.24. The largest absolute Gasteiger partial charge is 0.491 e. The zero-order chi connectivity index (χ0) is 13.7. The Balaban J connectivity index is 2.94. The summed E-state index contributed by atoms with van der Waals surface area (Å²) in [5.74, 6) is 0.261. The van der Waals surface area contributed by atoms with Gasteiger partial charge in [-0.25, -0.2) is 4.39 Å². The van der Waals surface area contributed by atoms with Crippen molar-refractivity contribution >= 4 is 5.91 Å². The minimum atomic E-state index is -1.09. The number of carbonyl (C=O) groups is 1. The van der Waals surface area contributed by atoms with Crippen molar-refractivity contribution in [1.29, 1.82) is 0 Å². The number of carbonyl (C=O) groups excluding carboxylic acids is 1. The smallest absolute Gasteiger partial charge is 0.248 e. The minimum absolute atomic E-state index is 0.0407. The number of halogens is 1. The van der Waals surface area contributed by atoms with E-state index in [-0.39, 0.29) is 18.3 Å². The topological polar surface area (TPSA) is 61.6 Å². The summed E-state index contributed by atoms with van der Waals surface area (Å²) in [6.07, 6.45) is -1.13. The molecule has 0 bridgehead atoms. The molecule has 0 saturated carbocycles. The Labute approximate surface area is 106 Å². The molecule has 0 aromatic heterocycles.